The van der Waals surface area contributed by atoms with Crippen molar-refractivity contribution in [3.63, 3.8) is 0 Å². The standard InChI is InChI=1S/C12H16ClNO/c1-8(2)10(7-12(14)15)9-5-3-4-6-11(9)13/h3-6,8,10H,7H2,1-2H3,(H2,14,15). The quantitative estimate of drug-likeness (QED) is 0.841. The van der Waals surface area contributed by atoms with E-state index in [1.54, 1.807) is 0 Å². The van der Waals surface area contributed by atoms with Crippen molar-refractivity contribution >= 4 is 17.5 Å². The Hall–Kier alpha value is -1.02. The van der Waals surface area contributed by atoms with E-state index in [1.807, 2.05) is 24.3 Å². The summed E-state index contributed by atoms with van der Waals surface area (Å²) in [6, 6.07) is 7.61. The number of nitrogens with two attached hydrogens (primary N) is 1. The number of carbonyl (C=O) groups excluding carboxylic acids is 1. The Balaban J connectivity index is 2.99. The normalized spacial score (nSPS) is 12.8. The van der Waals surface area contributed by atoms with Crippen molar-refractivity contribution in [2.45, 2.75) is 26.2 Å². The minimum absolute atomic E-state index is 0.108. The zero-order chi connectivity index (χ0) is 11.4. The van der Waals surface area contributed by atoms with Gasteiger partial charge in [-0.2, -0.15) is 0 Å². The largest absolute Gasteiger partial charge is 0.370 e. The number of hydrogen-bond acceptors (Lipinski definition) is 1. The van der Waals surface area contributed by atoms with E-state index in [2.05, 4.69) is 13.8 Å². The molecule has 1 rings (SSSR count). The van der Waals surface area contributed by atoms with Gasteiger partial charge in [-0.05, 0) is 23.5 Å². The van der Waals surface area contributed by atoms with E-state index in [0.29, 0.717) is 17.4 Å². The molecule has 0 spiro atoms. The van der Waals surface area contributed by atoms with Crippen LogP contribution < -0.4 is 5.73 Å². The minimum Gasteiger partial charge on any atom is -0.370 e. The van der Waals surface area contributed by atoms with Gasteiger partial charge in [-0.3, -0.25) is 4.79 Å². The molecule has 0 saturated carbocycles. The number of primary amides is 1. The van der Waals surface area contributed by atoms with Crippen LogP contribution in [0.25, 0.3) is 0 Å². The number of carbonyl (C=O) groups is 1. The molecule has 0 radical (unpaired) electrons. The number of benzene rings is 1. The molecule has 1 aromatic rings. The number of rotatable bonds is 4. The molecule has 0 aliphatic carbocycles. The smallest absolute Gasteiger partial charge is 0.218 e. The number of halogens is 1. The summed E-state index contributed by atoms with van der Waals surface area (Å²) in [4.78, 5) is 11.0. The van der Waals surface area contributed by atoms with Gasteiger partial charge in [0.05, 0.1) is 0 Å². The van der Waals surface area contributed by atoms with Gasteiger partial charge in [0.15, 0.2) is 0 Å². The summed E-state index contributed by atoms with van der Waals surface area (Å²) < 4.78 is 0. The minimum atomic E-state index is -0.284. The molecule has 1 unspecified atom stereocenters. The van der Waals surface area contributed by atoms with Gasteiger partial charge in [0.2, 0.25) is 5.91 Å². The van der Waals surface area contributed by atoms with E-state index >= 15 is 0 Å². The van der Waals surface area contributed by atoms with Gasteiger partial charge in [-0.25, -0.2) is 0 Å². The summed E-state index contributed by atoms with van der Waals surface area (Å²) >= 11 is 6.09. The van der Waals surface area contributed by atoms with E-state index in [0.717, 1.165) is 5.56 Å². The summed E-state index contributed by atoms with van der Waals surface area (Å²) in [5.41, 5.74) is 6.24. The Morgan fingerprint density at radius 1 is 1.40 bits per heavy atom. The molecule has 82 valence electrons. The Bertz CT molecular complexity index is 349. The first-order valence-corrected chi connectivity index (χ1v) is 5.43. The third-order valence-electron chi connectivity index (χ3n) is 2.53. The molecule has 1 aromatic carbocycles. The molecular formula is C12H16ClNO. The maximum atomic E-state index is 11.0. The molecule has 0 heterocycles. The molecule has 0 saturated heterocycles. The fraction of sp³-hybridized carbons (Fsp3) is 0.417. The summed E-state index contributed by atoms with van der Waals surface area (Å²) in [7, 11) is 0. The first kappa shape index (κ1) is 12.1. The molecular weight excluding hydrogens is 210 g/mol. The van der Waals surface area contributed by atoms with E-state index < -0.39 is 0 Å². The van der Waals surface area contributed by atoms with Crippen molar-refractivity contribution in [1.29, 1.82) is 0 Å². The SMILES string of the molecule is CC(C)C(CC(N)=O)c1ccccc1Cl. The highest BCUT2D eigenvalue weighted by Crippen LogP contribution is 2.32. The van der Waals surface area contributed by atoms with Crippen molar-refractivity contribution in [2.75, 3.05) is 0 Å². The predicted octanol–water partition coefficient (Wildman–Crippen LogP) is 2.96. The van der Waals surface area contributed by atoms with Gasteiger partial charge in [0, 0.05) is 11.4 Å². The van der Waals surface area contributed by atoms with Gasteiger partial charge in [-0.1, -0.05) is 43.6 Å². The summed E-state index contributed by atoms with van der Waals surface area (Å²) in [5, 5.41) is 0.706. The zero-order valence-electron chi connectivity index (χ0n) is 9.03. The highest BCUT2D eigenvalue weighted by Gasteiger charge is 2.20. The lowest BCUT2D eigenvalue weighted by Crippen LogP contribution is -2.18. The van der Waals surface area contributed by atoms with Crippen LogP contribution in [0.3, 0.4) is 0 Å². The second kappa shape index (κ2) is 5.17. The molecule has 3 heteroatoms. The third kappa shape index (κ3) is 3.24. The van der Waals surface area contributed by atoms with Gasteiger partial charge >= 0.3 is 0 Å². The van der Waals surface area contributed by atoms with E-state index in [4.69, 9.17) is 17.3 Å². The van der Waals surface area contributed by atoms with Crippen LogP contribution in [0.15, 0.2) is 24.3 Å². The third-order valence-corrected chi connectivity index (χ3v) is 2.87. The molecule has 0 bridgehead atoms. The maximum Gasteiger partial charge on any atom is 0.218 e. The molecule has 0 fully saturated rings. The second-order valence-corrected chi connectivity index (χ2v) is 4.45. The Morgan fingerprint density at radius 2 is 2.00 bits per heavy atom. The maximum absolute atomic E-state index is 11.0. The highest BCUT2D eigenvalue weighted by molar-refractivity contribution is 6.31. The monoisotopic (exact) mass is 225 g/mol. The van der Waals surface area contributed by atoms with Gasteiger partial charge in [0.25, 0.3) is 0 Å². The Labute approximate surface area is 95.4 Å². The van der Waals surface area contributed by atoms with Gasteiger partial charge < -0.3 is 5.73 Å². The summed E-state index contributed by atoms with van der Waals surface area (Å²) in [6.07, 6.45) is 0.349. The van der Waals surface area contributed by atoms with Crippen LogP contribution in [-0.4, -0.2) is 5.91 Å². The first-order valence-electron chi connectivity index (χ1n) is 5.05. The fourth-order valence-corrected chi connectivity index (χ4v) is 1.97. The second-order valence-electron chi connectivity index (χ2n) is 4.04. The lowest BCUT2D eigenvalue weighted by Gasteiger charge is -2.20. The van der Waals surface area contributed by atoms with E-state index in [9.17, 15) is 4.79 Å². The molecule has 0 aliphatic heterocycles. The van der Waals surface area contributed by atoms with Crippen LogP contribution >= 0.6 is 11.6 Å². The lowest BCUT2D eigenvalue weighted by atomic mass is 9.85. The molecule has 0 aliphatic rings. The first-order chi connectivity index (χ1) is 7.02. The van der Waals surface area contributed by atoms with Crippen LogP contribution in [0.5, 0.6) is 0 Å². The number of hydrogen-bond donors (Lipinski definition) is 1. The van der Waals surface area contributed by atoms with E-state index in [1.165, 1.54) is 0 Å². The number of amides is 1. The Kier molecular flexibility index (Phi) is 4.15. The summed E-state index contributed by atoms with van der Waals surface area (Å²) in [5.74, 6) is 0.169. The summed E-state index contributed by atoms with van der Waals surface area (Å²) in [6.45, 7) is 4.13. The van der Waals surface area contributed by atoms with Crippen molar-refractivity contribution in [2.24, 2.45) is 11.7 Å². The molecule has 1 atom stereocenters. The average Bonchev–Trinajstić information content (AvgIpc) is 2.15. The van der Waals surface area contributed by atoms with Crippen LogP contribution in [0, 0.1) is 5.92 Å². The van der Waals surface area contributed by atoms with E-state index in [-0.39, 0.29) is 11.8 Å². The zero-order valence-corrected chi connectivity index (χ0v) is 9.79. The van der Waals surface area contributed by atoms with Crippen LogP contribution in [0.4, 0.5) is 0 Å². The van der Waals surface area contributed by atoms with Crippen molar-refractivity contribution in [3.05, 3.63) is 34.9 Å². The molecule has 0 aromatic heterocycles. The van der Waals surface area contributed by atoms with Crippen LogP contribution in [-0.2, 0) is 4.79 Å². The topological polar surface area (TPSA) is 43.1 Å². The van der Waals surface area contributed by atoms with Crippen LogP contribution in [0.1, 0.15) is 31.7 Å². The molecule has 2 nitrogen and oxygen atoms in total. The Morgan fingerprint density at radius 3 is 2.47 bits per heavy atom. The van der Waals surface area contributed by atoms with Crippen molar-refractivity contribution < 1.29 is 4.79 Å². The van der Waals surface area contributed by atoms with Crippen molar-refractivity contribution in [3.8, 4) is 0 Å². The van der Waals surface area contributed by atoms with Crippen molar-refractivity contribution in [1.82, 2.24) is 0 Å². The van der Waals surface area contributed by atoms with Gasteiger partial charge in [-0.15, -0.1) is 0 Å². The predicted molar refractivity (Wildman–Crippen MR) is 62.8 cm³/mol. The molecule has 1 amide bonds. The van der Waals surface area contributed by atoms with Crippen LogP contribution in [0.2, 0.25) is 5.02 Å². The average molecular weight is 226 g/mol. The highest BCUT2D eigenvalue weighted by atomic mass is 35.5. The molecule has 2 N–H and O–H groups in total. The van der Waals surface area contributed by atoms with Gasteiger partial charge in [0.1, 0.15) is 0 Å². The fourth-order valence-electron chi connectivity index (χ4n) is 1.70. The lowest BCUT2D eigenvalue weighted by molar-refractivity contribution is -0.118. The molecule has 15 heavy (non-hydrogen) atoms.